The molecule has 8 nitrogen and oxygen atoms in total. The summed E-state index contributed by atoms with van der Waals surface area (Å²) in [5.74, 6) is -0.701. The monoisotopic (exact) mass is 504 g/mol. The predicted octanol–water partition coefficient (Wildman–Crippen LogP) is 2.93. The van der Waals surface area contributed by atoms with Gasteiger partial charge in [-0.1, -0.05) is 12.1 Å². The summed E-state index contributed by atoms with van der Waals surface area (Å²) in [6.07, 6.45) is 0. The molecule has 178 valence electrons. The van der Waals surface area contributed by atoms with Crippen LogP contribution in [0.1, 0.15) is 10.4 Å². The number of ether oxygens (including phenoxy) is 1. The normalized spacial score (nSPS) is 14.4. The van der Waals surface area contributed by atoms with Crippen molar-refractivity contribution in [2.45, 2.75) is 15.0 Å². The third kappa shape index (κ3) is 4.62. The van der Waals surface area contributed by atoms with Crippen molar-refractivity contribution >= 4 is 31.5 Å². The Morgan fingerprint density at radius 2 is 1.56 bits per heavy atom. The number of carbonyl (C=O) groups is 1. The van der Waals surface area contributed by atoms with Gasteiger partial charge in [0, 0.05) is 24.3 Å². The van der Waals surface area contributed by atoms with Crippen molar-refractivity contribution in [2.75, 3.05) is 24.9 Å². The summed E-state index contributed by atoms with van der Waals surface area (Å²) in [5.41, 5.74) is 0.428. The molecule has 3 aromatic rings. The highest BCUT2D eigenvalue weighted by atomic mass is 32.2. The lowest BCUT2D eigenvalue weighted by atomic mass is 10.1. The molecular weight excluding hydrogens is 483 g/mol. The highest BCUT2D eigenvalue weighted by Crippen LogP contribution is 2.27. The van der Waals surface area contributed by atoms with Crippen molar-refractivity contribution in [3.8, 4) is 5.75 Å². The van der Waals surface area contributed by atoms with Gasteiger partial charge in [0.25, 0.3) is 15.9 Å². The Labute approximate surface area is 197 Å². The minimum absolute atomic E-state index is 0.0505. The molecule has 1 amide bonds. The molecule has 1 saturated heterocycles. The van der Waals surface area contributed by atoms with Crippen molar-refractivity contribution in [3.63, 3.8) is 0 Å². The number of nitrogens with zero attached hydrogens (tertiary/aromatic N) is 1. The van der Waals surface area contributed by atoms with E-state index in [1.807, 2.05) is 0 Å². The Balaban J connectivity index is 1.40. The van der Waals surface area contributed by atoms with Crippen LogP contribution in [-0.2, 0) is 19.9 Å². The summed E-state index contributed by atoms with van der Waals surface area (Å²) in [5, 5.41) is -0.711. The summed E-state index contributed by atoms with van der Waals surface area (Å²) in [6, 6.07) is 16.7. The van der Waals surface area contributed by atoms with Crippen molar-refractivity contribution in [2.24, 2.45) is 0 Å². The van der Waals surface area contributed by atoms with E-state index in [4.69, 9.17) is 4.74 Å². The number of benzene rings is 3. The highest BCUT2D eigenvalue weighted by Gasteiger charge is 2.40. The molecule has 1 heterocycles. The van der Waals surface area contributed by atoms with E-state index in [-0.39, 0.29) is 35.1 Å². The van der Waals surface area contributed by atoms with Crippen LogP contribution in [0.2, 0.25) is 0 Å². The third-order valence-corrected chi connectivity index (χ3v) is 8.99. The van der Waals surface area contributed by atoms with Gasteiger partial charge in [0.15, 0.2) is 9.84 Å². The molecule has 0 bridgehead atoms. The highest BCUT2D eigenvalue weighted by molar-refractivity contribution is 7.92. The zero-order chi connectivity index (χ0) is 24.5. The van der Waals surface area contributed by atoms with Crippen LogP contribution < -0.4 is 9.46 Å². The molecule has 0 aliphatic carbocycles. The first-order valence-electron chi connectivity index (χ1n) is 10.2. The standard InChI is InChI=1S/C23H21FN2O6S2/c1-32-18-10-12-19(13-11-18)33(28,29)20-14-26(15-20)23(27)16-6-8-17(9-7-16)25-34(30,31)22-5-3-2-4-21(22)24/h2-13,20,25H,14-15H2,1H3. The Morgan fingerprint density at radius 1 is 0.941 bits per heavy atom. The molecule has 0 spiro atoms. The summed E-state index contributed by atoms with van der Waals surface area (Å²) >= 11 is 0. The van der Waals surface area contributed by atoms with E-state index in [2.05, 4.69) is 4.72 Å². The number of rotatable bonds is 7. The van der Waals surface area contributed by atoms with Gasteiger partial charge in [0.2, 0.25) is 0 Å². The lowest BCUT2D eigenvalue weighted by molar-refractivity contribution is 0.0659. The van der Waals surface area contributed by atoms with Crippen LogP contribution in [0.5, 0.6) is 5.75 Å². The first-order chi connectivity index (χ1) is 16.1. The number of halogens is 1. The van der Waals surface area contributed by atoms with Crippen LogP contribution in [0.15, 0.2) is 82.6 Å². The number of carbonyl (C=O) groups excluding carboxylic acids is 1. The molecule has 0 radical (unpaired) electrons. The number of sulfone groups is 1. The van der Waals surface area contributed by atoms with Gasteiger partial charge >= 0.3 is 0 Å². The fourth-order valence-electron chi connectivity index (χ4n) is 3.49. The first kappa shape index (κ1) is 23.7. The van der Waals surface area contributed by atoms with Crippen molar-refractivity contribution < 1.29 is 30.8 Å². The van der Waals surface area contributed by atoms with Gasteiger partial charge in [-0.3, -0.25) is 9.52 Å². The van der Waals surface area contributed by atoms with Crippen molar-refractivity contribution in [1.82, 2.24) is 4.90 Å². The van der Waals surface area contributed by atoms with E-state index in [0.29, 0.717) is 5.75 Å². The second kappa shape index (κ2) is 9.07. The maximum Gasteiger partial charge on any atom is 0.264 e. The Kier molecular flexibility index (Phi) is 6.32. The van der Waals surface area contributed by atoms with Crippen molar-refractivity contribution in [3.05, 3.63) is 84.2 Å². The van der Waals surface area contributed by atoms with Gasteiger partial charge in [-0.2, -0.15) is 0 Å². The molecule has 34 heavy (non-hydrogen) atoms. The minimum atomic E-state index is -4.14. The smallest absolute Gasteiger partial charge is 0.264 e. The largest absolute Gasteiger partial charge is 0.497 e. The maximum atomic E-state index is 13.8. The number of hydrogen-bond donors (Lipinski definition) is 1. The fourth-order valence-corrected chi connectivity index (χ4v) is 6.29. The van der Waals surface area contributed by atoms with E-state index < -0.39 is 35.8 Å². The quantitative estimate of drug-likeness (QED) is 0.530. The Bertz CT molecular complexity index is 1420. The Morgan fingerprint density at radius 3 is 2.15 bits per heavy atom. The van der Waals surface area contributed by atoms with Crippen molar-refractivity contribution in [1.29, 1.82) is 0 Å². The molecule has 3 aromatic carbocycles. The molecule has 1 fully saturated rings. The maximum absolute atomic E-state index is 13.8. The second-order valence-corrected chi connectivity index (χ2v) is 11.5. The molecule has 11 heteroatoms. The molecular formula is C23H21FN2O6S2. The first-order valence-corrected chi connectivity index (χ1v) is 13.2. The SMILES string of the molecule is COc1ccc(S(=O)(=O)C2CN(C(=O)c3ccc(NS(=O)(=O)c4ccccc4F)cc3)C2)cc1. The molecule has 1 N–H and O–H groups in total. The zero-order valence-electron chi connectivity index (χ0n) is 18.0. The minimum Gasteiger partial charge on any atom is -0.497 e. The summed E-state index contributed by atoms with van der Waals surface area (Å²) < 4.78 is 71.5. The van der Waals surface area contributed by atoms with Gasteiger partial charge < -0.3 is 9.64 Å². The molecule has 4 rings (SSSR count). The number of sulfonamides is 1. The van der Waals surface area contributed by atoms with Gasteiger partial charge in [-0.25, -0.2) is 21.2 Å². The van der Waals surface area contributed by atoms with Crippen LogP contribution in [0.4, 0.5) is 10.1 Å². The van der Waals surface area contributed by atoms with Gasteiger partial charge in [-0.05, 0) is 60.7 Å². The summed E-state index contributed by atoms with van der Waals surface area (Å²) in [7, 11) is -6.24. The van der Waals surface area contributed by atoms with Crippen LogP contribution >= 0.6 is 0 Å². The molecule has 0 aromatic heterocycles. The van der Waals surface area contributed by atoms with Gasteiger partial charge in [0.05, 0.1) is 12.0 Å². The van der Waals surface area contributed by atoms with Gasteiger partial charge in [-0.15, -0.1) is 0 Å². The van der Waals surface area contributed by atoms with Crippen LogP contribution in [-0.4, -0.2) is 53.1 Å². The number of anilines is 1. The van der Waals surface area contributed by atoms with E-state index in [1.54, 1.807) is 12.1 Å². The summed E-state index contributed by atoms with van der Waals surface area (Å²) in [6.45, 7) is 0.101. The zero-order valence-corrected chi connectivity index (χ0v) is 19.6. The van der Waals surface area contributed by atoms with E-state index in [9.17, 15) is 26.0 Å². The van der Waals surface area contributed by atoms with Gasteiger partial charge in [0.1, 0.15) is 21.7 Å². The lowest BCUT2D eigenvalue weighted by Crippen LogP contribution is -2.56. The topological polar surface area (TPSA) is 110 Å². The number of amides is 1. The average molecular weight is 505 g/mol. The number of nitrogens with one attached hydrogen (secondary N) is 1. The lowest BCUT2D eigenvalue weighted by Gasteiger charge is -2.38. The van der Waals surface area contributed by atoms with Crippen LogP contribution in [0, 0.1) is 5.82 Å². The Hall–Kier alpha value is -3.44. The van der Waals surface area contributed by atoms with E-state index in [0.717, 1.165) is 12.1 Å². The third-order valence-electron chi connectivity index (χ3n) is 5.47. The average Bonchev–Trinajstić information content (AvgIpc) is 2.78. The molecule has 0 atom stereocenters. The molecule has 1 aliphatic heterocycles. The van der Waals surface area contributed by atoms with E-state index in [1.165, 1.54) is 60.5 Å². The number of likely N-dealkylation sites (tertiary alicyclic amines) is 1. The van der Waals surface area contributed by atoms with E-state index >= 15 is 0 Å². The molecule has 1 aliphatic rings. The fraction of sp³-hybridized carbons (Fsp3) is 0.174. The molecule has 0 saturated carbocycles. The predicted molar refractivity (Wildman–Crippen MR) is 124 cm³/mol. The van der Waals surface area contributed by atoms with Crippen LogP contribution in [0.25, 0.3) is 0 Å². The molecule has 0 unspecified atom stereocenters. The number of methoxy groups -OCH3 is 1. The van der Waals surface area contributed by atoms with Crippen LogP contribution in [0.3, 0.4) is 0 Å². The second-order valence-electron chi connectivity index (χ2n) is 7.67. The summed E-state index contributed by atoms with van der Waals surface area (Å²) in [4.78, 5) is 13.8. The number of hydrogen-bond acceptors (Lipinski definition) is 6.